The van der Waals surface area contributed by atoms with Crippen molar-refractivity contribution in [2.45, 2.75) is 12.0 Å². The average Bonchev–Trinajstić information content (AvgIpc) is 2.57. The molecule has 0 radical (unpaired) electrons. The van der Waals surface area contributed by atoms with Crippen LogP contribution in [0.3, 0.4) is 0 Å². The second kappa shape index (κ2) is 6.27. The molecule has 0 saturated carbocycles. The number of phenolic OH excluding ortho intramolecular Hbond substituents is 1. The van der Waals surface area contributed by atoms with Gasteiger partial charge in [-0.1, -0.05) is 28.1 Å². The number of ether oxygens (including phenoxy) is 1. The molecular weight excluding hydrogens is 378 g/mol. The first kappa shape index (κ1) is 16.5. The van der Waals surface area contributed by atoms with E-state index in [0.717, 1.165) is 0 Å². The van der Waals surface area contributed by atoms with Gasteiger partial charge in [0.25, 0.3) is 0 Å². The highest BCUT2D eigenvalue weighted by molar-refractivity contribution is 9.10. The highest BCUT2D eigenvalue weighted by Crippen LogP contribution is 2.47. The lowest BCUT2D eigenvalue weighted by molar-refractivity contribution is -0.132. The number of amides is 1. The van der Waals surface area contributed by atoms with Gasteiger partial charge in [-0.3, -0.25) is 10.0 Å². The average molecular weight is 392 g/mol. The minimum absolute atomic E-state index is 0.0795. The van der Waals surface area contributed by atoms with Gasteiger partial charge in [0.1, 0.15) is 17.1 Å². The van der Waals surface area contributed by atoms with Crippen LogP contribution in [0.15, 0.2) is 53.2 Å². The summed E-state index contributed by atoms with van der Waals surface area (Å²) in [6.45, 7) is 0. The van der Waals surface area contributed by atoms with Gasteiger partial charge in [0.05, 0.1) is 12.7 Å². The number of hydroxylamine groups is 1. The molecule has 0 spiro atoms. The lowest BCUT2D eigenvalue weighted by Gasteiger charge is -2.35. The van der Waals surface area contributed by atoms with Crippen LogP contribution in [0, 0.1) is 0 Å². The molecule has 2 aromatic rings. The Bertz CT molecular complexity index is 818. The van der Waals surface area contributed by atoms with Gasteiger partial charge in [0.2, 0.25) is 5.91 Å². The summed E-state index contributed by atoms with van der Waals surface area (Å²) >= 11 is 3.34. The summed E-state index contributed by atoms with van der Waals surface area (Å²) in [4.78, 5) is 11.8. The molecule has 7 heteroatoms. The first-order valence-electron chi connectivity index (χ1n) is 7.06. The molecule has 1 aliphatic heterocycles. The first-order valence-corrected chi connectivity index (χ1v) is 7.85. The number of rotatable bonds is 3. The van der Waals surface area contributed by atoms with Crippen LogP contribution in [0.4, 0.5) is 0 Å². The number of fused-ring (bicyclic) bond motifs is 1. The number of benzene rings is 2. The summed E-state index contributed by atoms with van der Waals surface area (Å²) in [7, 11) is 0. The third kappa shape index (κ3) is 2.89. The molecule has 0 bridgehead atoms. The molecule has 124 valence electrons. The van der Waals surface area contributed by atoms with Crippen LogP contribution >= 0.6 is 15.9 Å². The summed E-state index contributed by atoms with van der Waals surface area (Å²) in [5.74, 6) is -0.250. The molecule has 0 aliphatic carbocycles. The van der Waals surface area contributed by atoms with E-state index in [9.17, 15) is 15.0 Å². The Balaban J connectivity index is 2.15. The van der Waals surface area contributed by atoms with Crippen molar-refractivity contribution >= 4 is 27.4 Å². The fourth-order valence-electron chi connectivity index (χ4n) is 2.70. The van der Waals surface area contributed by atoms with Crippen LogP contribution in [0.5, 0.6) is 11.5 Å². The van der Waals surface area contributed by atoms with Crippen LogP contribution in [0.1, 0.15) is 17.5 Å². The van der Waals surface area contributed by atoms with Crippen molar-refractivity contribution in [1.82, 2.24) is 5.48 Å². The van der Waals surface area contributed by atoms with Gasteiger partial charge in [0, 0.05) is 15.6 Å². The number of halogens is 1. The zero-order valence-corrected chi connectivity index (χ0v) is 13.9. The highest BCUT2D eigenvalue weighted by atomic mass is 79.9. The molecule has 2 aromatic carbocycles. The van der Waals surface area contributed by atoms with E-state index in [2.05, 4.69) is 15.9 Å². The van der Waals surface area contributed by atoms with Crippen molar-refractivity contribution in [3.8, 4) is 11.5 Å². The van der Waals surface area contributed by atoms with Gasteiger partial charge < -0.3 is 14.9 Å². The number of carbonyl (C=O) groups is 1. The van der Waals surface area contributed by atoms with Gasteiger partial charge in [-0.15, -0.1) is 0 Å². The number of carbonyl (C=O) groups excluding carboxylic acids is 1. The summed E-state index contributed by atoms with van der Waals surface area (Å²) in [6, 6.07) is 11.2. The maximum absolute atomic E-state index is 11.8. The molecule has 6 nitrogen and oxygen atoms in total. The smallest absolute Gasteiger partial charge is 0.246 e. The number of nitrogens with one attached hydrogen (secondary N) is 1. The van der Waals surface area contributed by atoms with Crippen molar-refractivity contribution in [3.05, 3.63) is 64.3 Å². The Kier molecular flexibility index (Phi) is 4.31. The summed E-state index contributed by atoms with van der Waals surface area (Å²) in [6.07, 6.45) is 0.969. The van der Waals surface area contributed by atoms with E-state index < -0.39 is 17.9 Å². The summed E-state index contributed by atoms with van der Waals surface area (Å²) in [5, 5.41) is 29.6. The molecule has 24 heavy (non-hydrogen) atoms. The third-order valence-corrected chi connectivity index (χ3v) is 4.35. The van der Waals surface area contributed by atoms with E-state index in [1.54, 1.807) is 35.8 Å². The largest absolute Gasteiger partial charge is 0.508 e. The maximum atomic E-state index is 11.8. The maximum Gasteiger partial charge on any atom is 0.246 e. The van der Waals surface area contributed by atoms with Crippen molar-refractivity contribution in [2.75, 3.05) is 0 Å². The summed E-state index contributed by atoms with van der Waals surface area (Å²) in [5.41, 5.74) is 1.15. The van der Waals surface area contributed by atoms with Crippen LogP contribution in [0.2, 0.25) is 0 Å². The lowest BCUT2D eigenvalue weighted by Crippen LogP contribution is -2.37. The van der Waals surface area contributed by atoms with Crippen LogP contribution in [-0.4, -0.2) is 21.3 Å². The SMILES string of the molecule is O=C(CC1(O)C(c2ccc(O)cc2)=COc2ccc(Br)cc21)NO. The topological polar surface area (TPSA) is 99.0 Å². The standard InChI is InChI=1S/C17H14BrNO5/c18-11-3-6-15-13(7-11)17(22,8-16(21)19-23)14(9-24-15)10-1-4-12(20)5-2-10/h1-7,9,20,22-23H,8H2,(H,19,21). The molecule has 1 atom stereocenters. The van der Waals surface area contributed by atoms with E-state index in [4.69, 9.17) is 9.94 Å². The third-order valence-electron chi connectivity index (χ3n) is 3.86. The van der Waals surface area contributed by atoms with E-state index in [1.165, 1.54) is 18.4 Å². The molecular formula is C17H14BrNO5. The monoisotopic (exact) mass is 391 g/mol. The molecule has 0 saturated heterocycles. The number of aromatic hydroxyl groups is 1. The number of aliphatic hydroxyl groups is 1. The van der Waals surface area contributed by atoms with Gasteiger partial charge in [-0.25, -0.2) is 5.48 Å². The molecule has 0 fully saturated rings. The second-order valence-electron chi connectivity index (χ2n) is 5.41. The van der Waals surface area contributed by atoms with Crippen molar-refractivity contribution in [3.63, 3.8) is 0 Å². The van der Waals surface area contributed by atoms with Crippen molar-refractivity contribution in [1.29, 1.82) is 0 Å². The minimum atomic E-state index is -1.71. The fraction of sp³-hybridized carbons (Fsp3) is 0.118. The van der Waals surface area contributed by atoms with Crippen LogP contribution in [0.25, 0.3) is 5.57 Å². The van der Waals surface area contributed by atoms with Crippen molar-refractivity contribution in [2.24, 2.45) is 0 Å². The quantitative estimate of drug-likeness (QED) is 0.476. The van der Waals surface area contributed by atoms with Gasteiger partial charge in [0.15, 0.2) is 0 Å². The molecule has 1 unspecified atom stereocenters. The highest BCUT2D eigenvalue weighted by Gasteiger charge is 2.42. The van der Waals surface area contributed by atoms with Gasteiger partial charge >= 0.3 is 0 Å². The molecule has 0 aromatic heterocycles. The van der Waals surface area contributed by atoms with E-state index in [0.29, 0.717) is 26.9 Å². The van der Waals surface area contributed by atoms with Gasteiger partial charge in [-0.05, 0) is 35.9 Å². The first-order chi connectivity index (χ1) is 11.4. The molecule has 1 aliphatic rings. The zero-order valence-electron chi connectivity index (χ0n) is 12.4. The Labute approximate surface area is 146 Å². The Morgan fingerprint density at radius 2 is 1.92 bits per heavy atom. The van der Waals surface area contributed by atoms with E-state index >= 15 is 0 Å². The molecule has 3 rings (SSSR count). The predicted molar refractivity (Wildman–Crippen MR) is 89.3 cm³/mol. The normalized spacial score (nSPS) is 19.0. The Morgan fingerprint density at radius 1 is 1.21 bits per heavy atom. The van der Waals surface area contributed by atoms with E-state index in [-0.39, 0.29) is 5.75 Å². The second-order valence-corrected chi connectivity index (χ2v) is 6.32. The Hall–Kier alpha value is -2.35. The molecule has 4 N–H and O–H groups in total. The summed E-state index contributed by atoms with van der Waals surface area (Å²) < 4.78 is 6.29. The number of hydrogen-bond donors (Lipinski definition) is 4. The van der Waals surface area contributed by atoms with Crippen LogP contribution < -0.4 is 10.2 Å². The predicted octanol–water partition coefficient (Wildman–Crippen LogP) is 2.67. The molecule has 1 amide bonds. The lowest BCUT2D eigenvalue weighted by atomic mass is 9.79. The number of phenols is 1. The van der Waals surface area contributed by atoms with E-state index in [1.807, 2.05) is 0 Å². The fourth-order valence-corrected chi connectivity index (χ4v) is 3.06. The Morgan fingerprint density at radius 3 is 2.58 bits per heavy atom. The molecule has 1 heterocycles. The minimum Gasteiger partial charge on any atom is -0.508 e. The van der Waals surface area contributed by atoms with Crippen LogP contribution in [-0.2, 0) is 10.4 Å². The zero-order chi connectivity index (χ0) is 17.3. The van der Waals surface area contributed by atoms with Gasteiger partial charge in [-0.2, -0.15) is 0 Å². The number of hydrogen-bond acceptors (Lipinski definition) is 5. The van der Waals surface area contributed by atoms with Crippen molar-refractivity contribution < 1.29 is 25.0 Å².